The van der Waals surface area contributed by atoms with E-state index < -0.39 is 0 Å². The van der Waals surface area contributed by atoms with Crippen LogP contribution >= 0.6 is 0 Å². The van der Waals surface area contributed by atoms with Crippen molar-refractivity contribution >= 4 is 0 Å². The first kappa shape index (κ1) is 14.0. The van der Waals surface area contributed by atoms with Gasteiger partial charge in [0.05, 0.1) is 5.60 Å². The fourth-order valence-electron chi connectivity index (χ4n) is 2.36. The Morgan fingerprint density at radius 1 is 1.26 bits per heavy atom. The lowest BCUT2D eigenvalue weighted by atomic mass is 9.88. The van der Waals surface area contributed by atoms with E-state index >= 15 is 0 Å². The van der Waals surface area contributed by atoms with Gasteiger partial charge in [-0.1, -0.05) is 61.6 Å². The maximum Gasteiger partial charge on any atom is 0.106 e. The van der Waals surface area contributed by atoms with Gasteiger partial charge in [0.25, 0.3) is 0 Å². The Balaban J connectivity index is 2.02. The van der Waals surface area contributed by atoms with Gasteiger partial charge in [-0.2, -0.15) is 0 Å². The summed E-state index contributed by atoms with van der Waals surface area (Å²) in [6.07, 6.45) is 12.0. The van der Waals surface area contributed by atoms with Gasteiger partial charge < -0.3 is 10.5 Å². The summed E-state index contributed by atoms with van der Waals surface area (Å²) in [6, 6.07) is 10.5. The molecule has 1 aliphatic rings. The predicted octanol–water partition coefficient (Wildman–Crippen LogP) is 3.59. The first-order chi connectivity index (χ1) is 9.24. The van der Waals surface area contributed by atoms with Gasteiger partial charge in [-0.15, -0.1) is 0 Å². The molecule has 2 rings (SSSR count). The zero-order valence-corrected chi connectivity index (χ0v) is 11.6. The Hall–Kier alpha value is -1.38. The van der Waals surface area contributed by atoms with Crippen molar-refractivity contribution in [1.29, 1.82) is 0 Å². The summed E-state index contributed by atoms with van der Waals surface area (Å²) in [6.45, 7) is 2.05. The largest absolute Gasteiger partial charge is 0.353 e. The summed E-state index contributed by atoms with van der Waals surface area (Å²) in [5.74, 6) is 0. The van der Waals surface area contributed by atoms with Crippen LogP contribution in [0.3, 0.4) is 0 Å². The summed E-state index contributed by atoms with van der Waals surface area (Å²) < 4.78 is 6.09. The van der Waals surface area contributed by atoms with Gasteiger partial charge in [0.15, 0.2) is 0 Å². The molecule has 0 spiro atoms. The minimum absolute atomic E-state index is 0.188. The summed E-state index contributed by atoms with van der Waals surface area (Å²) >= 11 is 0. The highest BCUT2D eigenvalue weighted by atomic mass is 16.5. The molecule has 0 amide bonds. The highest BCUT2D eigenvalue weighted by Gasteiger charge is 2.29. The predicted molar refractivity (Wildman–Crippen MR) is 79.7 cm³/mol. The van der Waals surface area contributed by atoms with Crippen LogP contribution in [0.1, 0.15) is 31.7 Å². The van der Waals surface area contributed by atoms with E-state index in [0.29, 0.717) is 0 Å². The molecule has 0 fully saturated rings. The highest BCUT2D eigenvalue weighted by Crippen LogP contribution is 2.29. The molecule has 1 aliphatic carbocycles. The van der Waals surface area contributed by atoms with Crippen LogP contribution in [0.4, 0.5) is 0 Å². The number of nitrogens with two attached hydrogens (primary N) is 1. The van der Waals surface area contributed by atoms with Crippen LogP contribution < -0.4 is 5.73 Å². The second-order valence-electron chi connectivity index (χ2n) is 5.11. The minimum atomic E-state index is -0.236. The molecule has 0 saturated carbocycles. The molecule has 0 saturated heterocycles. The van der Waals surface area contributed by atoms with Gasteiger partial charge in [0.2, 0.25) is 0 Å². The van der Waals surface area contributed by atoms with E-state index in [1.54, 1.807) is 0 Å². The van der Waals surface area contributed by atoms with E-state index in [1.165, 1.54) is 5.56 Å². The van der Waals surface area contributed by atoms with Gasteiger partial charge in [0, 0.05) is 0 Å². The summed E-state index contributed by atoms with van der Waals surface area (Å²) in [7, 11) is 0. The molecule has 1 aromatic carbocycles. The number of hydrogen-bond donors (Lipinski definition) is 1. The van der Waals surface area contributed by atoms with E-state index in [9.17, 15) is 0 Å². The van der Waals surface area contributed by atoms with Crippen LogP contribution in [0.2, 0.25) is 0 Å². The normalized spacial score (nSPS) is 23.5. The van der Waals surface area contributed by atoms with Crippen LogP contribution in [0, 0.1) is 0 Å². The molecule has 2 heteroatoms. The third-order valence-corrected chi connectivity index (χ3v) is 3.58. The van der Waals surface area contributed by atoms with Gasteiger partial charge in [-0.25, -0.2) is 0 Å². The number of aryl methyl sites for hydroxylation is 1. The fraction of sp³-hybridized carbons (Fsp3) is 0.412. The third kappa shape index (κ3) is 4.05. The van der Waals surface area contributed by atoms with Crippen LogP contribution in [-0.2, 0) is 11.2 Å². The Labute approximate surface area is 116 Å². The van der Waals surface area contributed by atoms with Crippen molar-refractivity contribution in [3.8, 4) is 0 Å². The van der Waals surface area contributed by atoms with Crippen molar-refractivity contribution in [1.82, 2.24) is 0 Å². The molecule has 0 bridgehead atoms. The molecule has 0 aromatic heterocycles. The van der Waals surface area contributed by atoms with E-state index in [-0.39, 0.29) is 11.8 Å². The van der Waals surface area contributed by atoms with Crippen molar-refractivity contribution in [3.05, 3.63) is 60.2 Å². The topological polar surface area (TPSA) is 35.2 Å². The van der Waals surface area contributed by atoms with E-state index in [1.807, 2.05) is 6.07 Å². The maximum absolute atomic E-state index is 6.09. The standard InChI is InChI=1S/C17H23NO/c1-2-16(18)19-17(12-7-4-8-13-17)14-11-15-9-5-3-6-10-15/h3-10,12,16H,2,11,13-14,18H2,1H3. The second kappa shape index (κ2) is 6.69. The smallest absolute Gasteiger partial charge is 0.106 e. The number of rotatable bonds is 6. The average Bonchev–Trinajstić information content (AvgIpc) is 2.47. The van der Waals surface area contributed by atoms with Gasteiger partial charge >= 0.3 is 0 Å². The van der Waals surface area contributed by atoms with Crippen molar-refractivity contribution < 1.29 is 4.74 Å². The van der Waals surface area contributed by atoms with Crippen molar-refractivity contribution in [3.63, 3.8) is 0 Å². The lowest BCUT2D eigenvalue weighted by Gasteiger charge is -2.34. The molecule has 0 radical (unpaired) electrons. The molecule has 2 unspecified atom stereocenters. The zero-order chi connectivity index (χ0) is 13.6. The van der Waals surface area contributed by atoms with Crippen LogP contribution in [0.25, 0.3) is 0 Å². The molecule has 1 aromatic rings. The molecular weight excluding hydrogens is 234 g/mol. The first-order valence-corrected chi connectivity index (χ1v) is 7.06. The molecule has 2 nitrogen and oxygen atoms in total. The summed E-state index contributed by atoms with van der Waals surface area (Å²) in [4.78, 5) is 0. The van der Waals surface area contributed by atoms with Gasteiger partial charge in [0.1, 0.15) is 6.23 Å². The molecule has 0 aliphatic heterocycles. The first-order valence-electron chi connectivity index (χ1n) is 7.06. The van der Waals surface area contributed by atoms with Crippen molar-refractivity contribution in [2.45, 2.75) is 44.4 Å². The second-order valence-corrected chi connectivity index (χ2v) is 5.11. The Kier molecular flexibility index (Phi) is 4.94. The molecule has 19 heavy (non-hydrogen) atoms. The maximum atomic E-state index is 6.09. The Bertz CT molecular complexity index is 438. The lowest BCUT2D eigenvalue weighted by Crippen LogP contribution is -2.39. The Morgan fingerprint density at radius 3 is 2.68 bits per heavy atom. The van der Waals surface area contributed by atoms with Crippen molar-refractivity contribution in [2.75, 3.05) is 0 Å². The summed E-state index contributed by atoms with van der Waals surface area (Å²) in [5, 5.41) is 0. The van der Waals surface area contributed by atoms with Crippen LogP contribution in [-0.4, -0.2) is 11.8 Å². The fourth-order valence-corrected chi connectivity index (χ4v) is 2.36. The molecule has 2 atom stereocenters. The van der Waals surface area contributed by atoms with E-state index in [4.69, 9.17) is 10.5 Å². The number of ether oxygens (including phenoxy) is 1. The SMILES string of the molecule is CCC(N)OC1(CCc2ccccc2)C=CC=CC1. The molecule has 2 N–H and O–H groups in total. The van der Waals surface area contributed by atoms with Crippen LogP contribution in [0.5, 0.6) is 0 Å². The highest BCUT2D eigenvalue weighted by molar-refractivity contribution is 5.21. The number of benzene rings is 1. The number of allylic oxidation sites excluding steroid dienone is 2. The van der Waals surface area contributed by atoms with E-state index in [0.717, 1.165) is 25.7 Å². The summed E-state index contributed by atoms with van der Waals surface area (Å²) in [5.41, 5.74) is 7.09. The minimum Gasteiger partial charge on any atom is -0.353 e. The molecule has 0 heterocycles. The molecule has 102 valence electrons. The molecular formula is C17H23NO. The lowest BCUT2D eigenvalue weighted by molar-refractivity contribution is -0.0653. The van der Waals surface area contributed by atoms with Gasteiger partial charge in [-0.3, -0.25) is 0 Å². The van der Waals surface area contributed by atoms with E-state index in [2.05, 4.69) is 55.5 Å². The third-order valence-electron chi connectivity index (χ3n) is 3.58. The van der Waals surface area contributed by atoms with Gasteiger partial charge in [-0.05, 0) is 31.2 Å². The zero-order valence-electron chi connectivity index (χ0n) is 11.6. The number of hydrogen-bond acceptors (Lipinski definition) is 2. The average molecular weight is 257 g/mol. The Morgan fingerprint density at radius 2 is 2.05 bits per heavy atom. The monoisotopic (exact) mass is 257 g/mol. The van der Waals surface area contributed by atoms with Crippen molar-refractivity contribution in [2.24, 2.45) is 5.73 Å². The van der Waals surface area contributed by atoms with Crippen LogP contribution in [0.15, 0.2) is 54.6 Å². The quantitative estimate of drug-likeness (QED) is 0.790.